The number of hydrogen-bond donors (Lipinski definition) is 0. The minimum Gasteiger partial charge on any atom is -0.267 e. The average molecular weight is 361 g/mol. The molecule has 120 valence electrons. The van der Waals surface area contributed by atoms with Crippen LogP contribution in [-0.4, -0.2) is 43.4 Å². The predicted molar refractivity (Wildman–Crippen MR) is 77.3 cm³/mol. The van der Waals surface area contributed by atoms with E-state index in [9.17, 15) is 26.4 Å². The predicted octanol–water partition coefficient (Wildman–Crippen LogP) is 3.21. The maximum Gasteiger partial charge on any atom is 0.407 e. The summed E-state index contributed by atoms with van der Waals surface area (Å²) in [4.78, 5) is 12.1. The zero-order valence-electron chi connectivity index (χ0n) is 11.3. The number of halogens is 3. The van der Waals surface area contributed by atoms with Crippen molar-refractivity contribution < 1.29 is 26.4 Å². The Morgan fingerprint density at radius 2 is 2.00 bits per heavy atom. The lowest BCUT2D eigenvalue weighted by Crippen LogP contribution is -2.43. The second kappa shape index (κ2) is 7.01. The molecule has 0 aliphatic carbocycles. The molecule has 0 aliphatic rings. The molecule has 0 saturated heterocycles. The molecular weight excluding hydrogens is 347 g/mol. The van der Waals surface area contributed by atoms with Crippen LogP contribution in [0.4, 0.5) is 13.2 Å². The Bertz CT molecular complexity index is 595. The van der Waals surface area contributed by atoms with Crippen molar-refractivity contribution in [1.82, 2.24) is 4.31 Å². The van der Waals surface area contributed by atoms with Gasteiger partial charge in [-0.25, -0.2) is 12.7 Å². The molecule has 0 spiro atoms. The molecule has 0 aliphatic heterocycles. The van der Waals surface area contributed by atoms with Gasteiger partial charge in [0.05, 0.1) is 14.8 Å². The van der Waals surface area contributed by atoms with E-state index >= 15 is 0 Å². The molecular formula is C11H14F3NO3S3. The van der Waals surface area contributed by atoms with Gasteiger partial charge < -0.3 is 0 Å². The number of amides is 1. The Balaban J connectivity index is 3.14. The van der Waals surface area contributed by atoms with E-state index in [1.807, 2.05) is 0 Å². The summed E-state index contributed by atoms with van der Waals surface area (Å²) in [5.41, 5.74) is 0. The molecule has 21 heavy (non-hydrogen) atoms. The lowest BCUT2D eigenvalue weighted by molar-refractivity contribution is -0.132. The zero-order valence-corrected chi connectivity index (χ0v) is 13.8. The molecule has 0 unspecified atom stereocenters. The van der Waals surface area contributed by atoms with Gasteiger partial charge in [-0.05, 0) is 24.8 Å². The molecule has 0 radical (unpaired) electrons. The quantitative estimate of drug-likeness (QED) is 0.730. The largest absolute Gasteiger partial charge is 0.407 e. The monoisotopic (exact) mass is 361 g/mol. The van der Waals surface area contributed by atoms with Crippen molar-refractivity contribution in [1.29, 1.82) is 0 Å². The number of nitrogens with zero attached hydrogens (tertiary/aromatic N) is 1. The number of sulfonamides is 1. The Labute approximate surface area is 129 Å². The molecule has 1 aromatic rings. The second-order valence-corrected chi connectivity index (χ2v) is 8.27. The van der Waals surface area contributed by atoms with Crippen LogP contribution in [-0.2, 0) is 10.0 Å². The summed E-state index contributed by atoms with van der Waals surface area (Å²) in [5.74, 6) is -1.64. The molecule has 0 N–H and O–H groups in total. The molecule has 1 aromatic heterocycles. The van der Waals surface area contributed by atoms with Gasteiger partial charge in [-0.1, -0.05) is 6.92 Å². The van der Waals surface area contributed by atoms with E-state index in [0.717, 1.165) is 15.5 Å². The lowest BCUT2D eigenvalue weighted by atomic mass is 10.4. The molecule has 4 nitrogen and oxygen atoms in total. The molecule has 1 heterocycles. The number of rotatable bonds is 6. The van der Waals surface area contributed by atoms with Gasteiger partial charge in [-0.2, -0.15) is 13.2 Å². The summed E-state index contributed by atoms with van der Waals surface area (Å²) in [6.45, 7) is -0.286. The third-order valence-corrected chi connectivity index (χ3v) is 6.39. The average Bonchev–Trinajstić information content (AvgIpc) is 2.82. The van der Waals surface area contributed by atoms with Crippen LogP contribution in [0.2, 0.25) is 0 Å². The Hall–Kier alpha value is -0.740. The fourth-order valence-electron chi connectivity index (χ4n) is 1.50. The maximum absolute atomic E-state index is 12.6. The van der Waals surface area contributed by atoms with Gasteiger partial charge in [0.15, 0.2) is 0 Å². The zero-order chi connectivity index (χ0) is 16.3. The van der Waals surface area contributed by atoms with Crippen molar-refractivity contribution in [3.8, 4) is 0 Å². The number of hydrogen-bond acceptors (Lipinski definition) is 5. The minimum atomic E-state index is -4.78. The molecule has 0 fully saturated rings. The van der Waals surface area contributed by atoms with E-state index in [4.69, 9.17) is 0 Å². The standard InChI is InChI=1S/C11H14F3NO3S3/c1-3-6-21(17,18)15(7-11(12,13)14)10(16)8-4-5-9(19-2)20-8/h4-5H,3,6-7H2,1-2H3. The van der Waals surface area contributed by atoms with Crippen LogP contribution in [0, 0.1) is 0 Å². The van der Waals surface area contributed by atoms with Crippen LogP contribution >= 0.6 is 23.1 Å². The highest BCUT2D eigenvalue weighted by molar-refractivity contribution is 8.00. The van der Waals surface area contributed by atoms with Crippen molar-refractivity contribution in [2.75, 3.05) is 18.6 Å². The van der Waals surface area contributed by atoms with Gasteiger partial charge in [-0.15, -0.1) is 23.1 Å². The van der Waals surface area contributed by atoms with Gasteiger partial charge >= 0.3 is 6.18 Å². The van der Waals surface area contributed by atoms with E-state index in [-0.39, 0.29) is 15.6 Å². The second-order valence-electron chi connectivity index (χ2n) is 4.07. The first-order chi connectivity index (χ1) is 9.60. The summed E-state index contributed by atoms with van der Waals surface area (Å²) in [7, 11) is -4.29. The maximum atomic E-state index is 12.6. The third-order valence-electron chi connectivity index (χ3n) is 2.34. The molecule has 10 heteroatoms. The Morgan fingerprint density at radius 3 is 2.43 bits per heavy atom. The van der Waals surface area contributed by atoms with Gasteiger partial charge in [-0.3, -0.25) is 4.79 Å². The van der Waals surface area contributed by atoms with E-state index in [1.54, 1.807) is 12.3 Å². The molecule has 0 bridgehead atoms. The van der Waals surface area contributed by atoms with Crippen LogP contribution in [0.3, 0.4) is 0 Å². The lowest BCUT2D eigenvalue weighted by Gasteiger charge is -2.22. The Morgan fingerprint density at radius 1 is 1.38 bits per heavy atom. The SMILES string of the molecule is CCCS(=O)(=O)N(CC(F)(F)F)C(=O)c1ccc(SC)s1. The van der Waals surface area contributed by atoms with E-state index in [0.29, 0.717) is 0 Å². The van der Waals surface area contributed by atoms with Crippen molar-refractivity contribution in [3.05, 3.63) is 17.0 Å². The fourth-order valence-corrected chi connectivity index (χ4v) is 4.48. The smallest absolute Gasteiger partial charge is 0.267 e. The highest BCUT2D eigenvalue weighted by atomic mass is 32.2. The third kappa shape index (κ3) is 5.19. The van der Waals surface area contributed by atoms with Gasteiger partial charge in [0.1, 0.15) is 6.54 Å². The first kappa shape index (κ1) is 18.3. The number of thiophene rings is 1. The summed E-state index contributed by atoms with van der Waals surface area (Å²) in [6, 6.07) is 2.91. The number of carbonyl (C=O) groups is 1. The number of carbonyl (C=O) groups excluding carboxylic acids is 1. The van der Waals surface area contributed by atoms with Crippen molar-refractivity contribution in [3.63, 3.8) is 0 Å². The summed E-state index contributed by atoms with van der Waals surface area (Å²) in [5, 5.41) is 0. The van der Waals surface area contributed by atoms with Crippen molar-refractivity contribution in [2.24, 2.45) is 0 Å². The Kier molecular flexibility index (Phi) is 6.11. The summed E-state index contributed by atoms with van der Waals surface area (Å²) >= 11 is 2.30. The fraction of sp³-hybridized carbons (Fsp3) is 0.545. The highest BCUT2D eigenvalue weighted by Crippen LogP contribution is 2.28. The van der Waals surface area contributed by atoms with Crippen molar-refractivity contribution in [2.45, 2.75) is 23.7 Å². The van der Waals surface area contributed by atoms with E-state index in [2.05, 4.69) is 0 Å². The van der Waals surface area contributed by atoms with Gasteiger partial charge in [0.2, 0.25) is 10.0 Å². The topological polar surface area (TPSA) is 54.5 Å². The van der Waals surface area contributed by atoms with Crippen LogP contribution in [0.15, 0.2) is 16.3 Å². The van der Waals surface area contributed by atoms with Crippen LogP contribution in [0.25, 0.3) is 0 Å². The first-order valence-corrected chi connectivity index (χ1v) is 9.51. The number of alkyl halides is 3. The van der Waals surface area contributed by atoms with E-state index in [1.165, 1.54) is 24.8 Å². The van der Waals surface area contributed by atoms with Crippen LogP contribution < -0.4 is 0 Å². The van der Waals surface area contributed by atoms with Crippen LogP contribution in [0.5, 0.6) is 0 Å². The van der Waals surface area contributed by atoms with Gasteiger partial charge in [0.25, 0.3) is 5.91 Å². The van der Waals surface area contributed by atoms with Crippen molar-refractivity contribution >= 4 is 39.0 Å². The normalized spacial score (nSPS) is 12.4. The highest BCUT2D eigenvalue weighted by Gasteiger charge is 2.39. The minimum absolute atomic E-state index is 0.0247. The van der Waals surface area contributed by atoms with E-state index < -0.39 is 34.4 Å². The van der Waals surface area contributed by atoms with Crippen LogP contribution in [0.1, 0.15) is 23.0 Å². The summed E-state index contributed by atoms with van der Waals surface area (Å²) in [6.07, 6.45) is -2.90. The molecule has 0 atom stereocenters. The molecule has 0 saturated carbocycles. The first-order valence-electron chi connectivity index (χ1n) is 5.86. The summed E-state index contributed by atoms with van der Waals surface area (Å²) < 4.78 is 62.1. The molecule has 1 rings (SSSR count). The van der Waals surface area contributed by atoms with Gasteiger partial charge in [0, 0.05) is 0 Å². The molecule has 1 amide bonds. The number of thioether (sulfide) groups is 1. The molecule has 0 aromatic carbocycles.